The summed E-state index contributed by atoms with van der Waals surface area (Å²) in [5.41, 5.74) is -0.463. The summed E-state index contributed by atoms with van der Waals surface area (Å²) in [5, 5.41) is 7.81. The number of hydrogen-bond donors (Lipinski definition) is 0. The van der Waals surface area contributed by atoms with Gasteiger partial charge in [-0.3, -0.25) is 9.36 Å². The van der Waals surface area contributed by atoms with Crippen LogP contribution >= 0.6 is 11.6 Å². The first-order valence-electron chi connectivity index (χ1n) is 7.61. The minimum atomic E-state index is -4.57. The zero-order valence-electron chi connectivity index (χ0n) is 13.6. The van der Waals surface area contributed by atoms with Crippen molar-refractivity contribution in [2.24, 2.45) is 0 Å². The van der Waals surface area contributed by atoms with Gasteiger partial charge in [-0.05, 0) is 25.1 Å². The molecule has 0 N–H and O–H groups in total. The largest absolute Gasteiger partial charge is 0.416 e. The standard InChI is InChI=1S/C18H13ClF3N3O/c1-11-23-24-16(10-19)25(11)15-8-7-13(18(20,21)22)9-14(15)17(26)12-5-3-2-4-6-12/h2-9H,10H2,1H3. The van der Waals surface area contributed by atoms with E-state index in [1.807, 2.05) is 0 Å². The minimum Gasteiger partial charge on any atom is -0.289 e. The summed E-state index contributed by atoms with van der Waals surface area (Å²) >= 11 is 5.86. The molecule has 0 bridgehead atoms. The monoisotopic (exact) mass is 379 g/mol. The lowest BCUT2D eigenvalue weighted by molar-refractivity contribution is -0.137. The molecule has 0 aliphatic rings. The van der Waals surface area contributed by atoms with Crippen molar-refractivity contribution in [1.82, 2.24) is 14.8 Å². The lowest BCUT2D eigenvalue weighted by Gasteiger charge is -2.15. The Bertz CT molecular complexity index is 952. The van der Waals surface area contributed by atoms with E-state index in [0.717, 1.165) is 12.1 Å². The quantitative estimate of drug-likeness (QED) is 0.493. The molecule has 0 saturated heterocycles. The Balaban J connectivity index is 2.25. The van der Waals surface area contributed by atoms with E-state index in [4.69, 9.17) is 11.6 Å². The number of alkyl halides is 4. The Kier molecular flexibility index (Phi) is 4.82. The number of ketones is 1. The molecule has 0 unspecified atom stereocenters. The van der Waals surface area contributed by atoms with Gasteiger partial charge in [0.25, 0.3) is 0 Å². The Morgan fingerprint density at radius 2 is 1.81 bits per heavy atom. The number of carbonyl (C=O) groups is 1. The molecule has 4 nitrogen and oxygen atoms in total. The molecule has 26 heavy (non-hydrogen) atoms. The fraction of sp³-hybridized carbons (Fsp3) is 0.167. The molecule has 0 spiro atoms. The van der Waals surface area contributed by atoms with E-state index in [1.165, 1.54) is 10.6 Å². The summed E-state index contributed by atoms with van der Waals surface area (Å²) in [6.45, 7) is 1.64. The van der Waals surface area contributed by atoms with Crippen molar-refractivity contribution in [3.05, 3.63) is 76.9 Å². The molecule has 3 rings (SSSR count). The van der Waals surface area contributed by atoms with E-state index < -0.39 is 17.5 Å². The van der Waals surface area contributed by atoms with E-state index >= 15 is 0 Å². The molecule has 0 atom stereocenters. The zero-order valence-corrected chi connectivity index (χ0v) is 14.3. The number of nitrogens with zero attached hydrogens (tertiary/aromatic N) is 3. The maximum atomic E-state index is 13.2. The molecule has 0 amide bonds. The molecule has 1 aromatic heterocycles. The second-order valence-electron chi connectivity index (χ2n) is 5.56. The minimum absolute atomic E-state index is 0.000823. The number of aromatic nitrogens is 3. The molecular formula is C18H13ClF3N3O. The van der Waals surface area contributed by atoms with Crippen LogP contribution < -0.4 is 0 Å². The number of hydrogen-bond acceptors (Lipinski definition) is 3. The lowest BCUT2D eigenvalue weighted by atomic mass is 9.99. The third-order valence-corrected chi connectivity index (χ3v) is 4.10. The smallest absolute Gasteiger partial charge is 0.289 e. The SMILES string of the molecule is Cc1nnc(CCl)n1-c1ccc(C(F)(F)F)cc1C(=O)c1ccccc1. The third-order valence-electron chi connectivity index (χ3n) is 3.86. The first-order valence-corrected chi connectivity index (χ1v) is 8.14. The van der Waals surface area contributed by atoms with Crippen LogP contribution in [0.15, 0.2) is 48.5 Å². The van der Waals surface area contributed by atoms with Crippen molar-refractivity contribution in [3.8, 4) is 5.69 Å². The number of aryl methyl sites for hydroxylation is 1. The Hall–Kier alpha value is -2.67. The van der Waals surface area contributed by atoms with E-state index in [0.29, 0.717) is 11.6 Å². The van der Waals surface area contributed by atoms with Gasteiger partial charge in [0.1, 0.15) is 5.82 Å². The number of benzene rings is 2. The molecule has 0 fully saturated rings. The van der Waals surface area contributed by atoms with Gasteiger partial charge in [0, 0.05) is 11.1 Å². The van der Waals surface area contributed by atoms with Crippen LogP contribution in [-0.2, 0) is 12.1 Å². The molecule has 134 valence electrons. The van der Waals surface area contributed by atoms with Crippen molar-refractivity contribution >= 4 is 17.4 Å². The van der Waals surface area contributed by atoms with Crippen molar-refractivity contribution in [2.75, 3.05) is 0 Å². The topological polar surface area (TPSA) is 47.8 Å². The van der Waals surface area contributed by atoms with Crippen molar-refractivity contribution < 1.29 is 18.0 Å². The summed E-state index contributed by atoms with van der Waals surface area (Å²) < 4.78 is 41.0. The van der Waals surface area contributed by atoms with Crippen LogP contribution in [0.25, 0.3) is 5.69 Å². The summed E-state index contributed by atoms with van der Waals surface area (Å²) in [4.78, 5) is 12.9. The van der Waals surface area contributed by atoms with Crippen LogP contribution in [0.1, 0.15) is 33.1 Å². The fourth-order valence-electron chi connectivity index (χ4n) is 2.64. The van der Waals surface area contributed by atoms with E-state index in [1.54, 1.807) is 37.3 Å². The van der Waals surface area contributed by atoms with Crippen molar-refractivity contribution in [3.63, 3.8) is 0 Å². The second-order valence-corrected chi connectivity index (χ2v) is 5.82. The van der Waals surface area contributed by atoms with Gasteiger partial charge in [-0.2, -0.15) is 13.2 Å². The highest BCUT2D eigenvalue weighted by Gasteiger charge is 2.32. The highest BCUT2D eigenvalue weighted by Crippen LogP contribution is 2.33. The maximum absolute atomic E-state index is 13.2. The van der Waals surface area contributed by atoms with Crippen LogP contribution in [-0.4, -0.2) is 20.5 Å². The summed E-state index contributed by atoms with van der Waals surface area (Å²) in [6, 6.07) is 11.1. The summed E-state index contributed by atoms with van der Waals surface area (Å²) in [5.74, 6) is 0.231. The zero-order chi connectivity index (χ0) is 18.9. The molecular weight excluding hydrogens is 367 g/mol. The molecule has 0 aliphatic heterocycles. The first kappa shape index (κ1) is 18.1. The number of halogens is 4. The average Bonchev–Trinajstić information content (AvgIpc) is 3.01. The second kappa shape index (κ2) is 6.92. The van der Waals surface area contributed by atoms with Gasteiger partial charge in [0.15, 0.2) is 11.6 Å². The number of rotatable bonds is 4. The maximum Gasteiger partial charge on any atom is 0.416 e. The predicted octanol–water partition coefficient (Wildman–Crippen LogP) is 4.56. The Morgan fingerprint density at radius 3 is 2.42 bits per heavy atom. The first-order chi connectivity index (χ1) is 12.3. The molecule has 2 aromatic carbocycles. The Labute approximate surface area is 152 Å². The van der Waals surface area contributed by atoms with Crippen molar-refractivity contribution in [2.45, 2.75) is 19.0 Å². The van der Waals surface area contributed by atoms with E-state index in [9.17, 15) is 18.0 Å². The van der Waals surface area contributed by atoms with Crippen LogP contribution in [0.5, 0.6) is 0 Å². The lowest BCUT2D eigenvalue weighted by Crippen LogP contribution is -2.14. The van der Waals surface area contributed by atoms with Gasteiger partial charge in [0.2, 0.25) is 0 Å². The highest BCUT2D eigenvalue weighted by atomic mass is 35.5. The molecule has 0 aliphatic carbocycles. The van der Waals surface area contributed by atoms with Crippen molar-refractivity contribution in [1.29, 1.82) is 0 Å². The molecule has 1 heterocycles. The van der Waals surface area contributed by atoms with Gasteiger partial charge in [-0.1, -0.05) is 30.3 Å². The molecule has 8 heteroatoms. The van der Waals surface area contributed by atoms with Gasteiger partial charge in [0.05, 0.1) is 17.1 Å². The van der Waals surface area contributed by atoms with Crippen LogP contribution in [0.2, 0.25) is 0 Å². The van der Waals surface area contributed by atoms with Crippen LogP contribution in [0, 0.1) is 6.92 Å². The van der Waals surface area contributed by atoms with Gasteiger partial charge in [-0.25, -0.2) is 0 Å². The van der Waals surface area contributed by atoms with Crippen LogP contribution in [0.4, 0.5) is 13.2 Å². The normalized spacial score (nSPS) is 11.6. The highest BCUT2D eigenvalue weighted by molar-refractivity contribution is 6.16. The van der Waals surface area contributed by atoms with Gasteiger partial charge >= 0.3 is 6.18 Å². The predicted molar refractivity (Wildman–Crippen MR) is 90.5 cm³/mol. The Morgan fingerprint density at radius 1 is 1.12 bits per heavy atom. The summed E-state index contributed by atoms with van der Waals surface area (Å²) in [7, 11) is 0. The van der Waals surface area contributed by atoms with Crippen LogP contribution in [0.3, 0.4) is 0 Å². The summed E-state index contributed by atoms with van der Waals surface area (Å²) in [6.07, 6.45) is -4.57. The third kappa shape index (κ3) is 3.35. The van der Waals surface area contributed by atoms with E-state index in [-0.39, 0.29) is 22.7 Å². The number of carbonyl (C=O) groups excluding carboxylic acids is 1. The van der Waals surface area contributed by atoms with Gasteiger partial charge in [-0.15, -0.1) is 21.8 Å². The average molecular weight is 380 g/mol. The molecule has 0 saturated carbocycles. The molecule has 3 aromatic rings. The van der Waals surface area contributed by atoms with E-state index in [2.05, 4.69) is 10.2 Å². The molecule has 0 radical (unpaired) electrons. The van der Waals surface area contributed by atoms with Gasteiger partial charge < -0.3 is 0 Å². The fourth-order valence-corrected chi connectivity index (χ4v) is 2.81.